The summed E-state index contributed by atoms with van der Waals surface area (Å²) >= 11 is 7.14. The van der Waals surface area contributed by atoms with Gasteiger partial charge in [0.05, 0.1) is 12.2 Å². The number of nitrogen functional groups attached to an aromatic ring is 1. The second kappa shape index (κ2) is 5.85. The number of hydrogen-bond donors (Lipinski definition) is 1. The van der Waals surface area contributed by atoms with Crippen molar-refractivity contribution >= 4 is 34.0 Å². The van der Waals surface area contributed by atoms with Gasteiger partial charge in [-0.1, -0.05) is 22.9 Å². The summed E-state index contributed by atoms with van der Waals surface area (Å²) in [4.78, 5) is 18.8. The van der Waals surface area contributed by atoms with E-state index in [0.29, 0.717) is 40.0 Å². The van der Waals surface area contributed by atoms with E-state index in [0.717, 1.165) is 16.9 Å². The molecular weight excluding hydrogens is 325 g/mol. The fourth-order valence-electron chi connectivity index (χ4n) is 2.98. The first-order valence-corrected chi connectivity index (χ1v) is 8.20. The maximum atomic E-state index is 14.0. The molecule has 1 aromatic carbocycles. The average Bonchev–Trinajstić information content (AvgIpc) is 3.07. The Morgan fingerprint density at radius 3 is 3.00 bits per heavy atom. The Morgan fingerprint density at radius 2 is 2.36 bits per heavy atom. The van der Waals surface area contributed by atoms with Gasteiger partial charge in [0.2, 0.25) is 0 Å². The largest absolute Gasteiger partial charge is 0.375 e. The lowest BCUT2D eigenvalue weighted by Gasteiger charge is -2.28. The zero-order valence-corrected chi connectivity index (χ0v) is 13.5. The fourth-order valence-corrected chi connectivity index (χ4v) is 3.83. The predicted molar refractivity (Wildman–Crippen MR) is 85.7 cm³/mol. The number of benzene rings is 1. The Bertz CT molecular complexity index is 734. The Labute approximate surface area is 136 Å². The van der Waals surface area contributed by atoms with Gasteiger partial charge < -0.3 is 10.6 Å². The number of amides is 1. The van der Waals surface area contributed by atoms with Gasteiger partial charge in [-0.05, 0) is 43.0 Å². The van der Waals surface area contributed by atoms with Crippen LogP contribution in [0.1, 0.15) is 40.2 Å². The van der Waals surface area contributed by atoms with Crippen molar-refractivity contribution in [2.75, 3.05) is 12.3 Å². The van der Waals surface area contributed by atoms with Gasteiger partial charge in [0, 0.05) is 11.6 Å². The van der Waals surface area contributed by atoms with Gasteiger partial charge >= 0.3 is 0 Å². The standard InChI is InChI=1S/C15H15ClFN3OS/c1-2-20(14(21)13-7-19-15(18)22-13)12-4-3-9-10(12)5-8(16)6-11(9)17/h5-7,12H,2-4H2,1H3,(H2,18,19)/t12-/m1/s1. The average molecular weight is 340 g/mol. The summed E-state index contributed by atoms with van der Waals surface area (Å²) in [5.41, 5.74) is 7.06. The highest BCUT2D eigenvalue weighted by Crippen LogP contribution is 2.39. The van der Waals surface area contributed by atoms with Crippen molar-refractivity contribution in [2.24, 2.45) is 0 Å². The van der Waals surface area contributed by atoms with E-state index in [1.54, 1.807) is 11.0 Å². The van der Waals surface area contributed by atoms with E-state index in [1.165, 1.54) is 12.3 Å². The lowest BCUT2D eigenvalue weighted by molar-refractivity contribution is 0.0693. The molecule has 0 unspecified atom stereocenters. The molecule has 7 heteroatoms. The van der Waals surface area contributed by atoms with Crippen LogP contribution in [-0.4, -0.2) is 22.3 Å². The number of carbonyl (C=O) groups excluding carboxylic acids is 1. The number of nitrogens with zero attached hydrogens (tertiary/aromatic N) is 2. The molecular formula is C15H15ClFN3OS. The fraction of sp³-hybridized carbons (Fsp3) is 0.333. The maximum Gasteiger partial charge on any atom is 0.266 e. The second-order valence-corrected chi connectivity index (χ2v) is 6.66. The van der Waals surface area contributed by atoms with Gasteiger partial charge in [0.15, 0.2) is 5.13 Å². The predicted octanol–water partition coefficient (Wildman–Crippen LogP) is 3.67. The van der Waals surface area contributed by atoms with Gasteiger partial charge in [0.25, 0.3) is 5.91 Å². The number of thiazole rings is 1. The van der Waals surface area contributed by atoms with E-state index >= 15 is 0 Å². The number of aromatic nitrogens is 1. The molecule has 3 rings (SSSR count). The van der Waals surface area contributed by atoms with Crippen molar-refractivity contribution in [2.45, 2.75) is 25.8 Å². The highest BCUT2D eigenvalue weighted by molar-refractivity contribution is 7.17. The lowest BCUT2D eigenvalue weighted by atomic mass is 10.1. The van der Waals surface area contributed by atoms with Crippen LogP contribution in [0.2, 0.25) is 5.02 Å². The molecule has 1 aliphatic carbocycles. The third-order valence-electron chi connectivity index (χ3n) is 3.93. The van der Waals surface area contributed by atoms with E-state index in [4.69, 9.17) is 17.3 Å². The lowest BCUT2D eigenvalue weighted by Crippen LogP contribution is -2.33. The third-order valence-corrected chi connectivity index (χ3v) is 4.97. The first-order valence-electron chi connectivity index (χ1n) is 7.01. The molecule has 0 fully saturated rings. The Hall–Kier alpha value is -1.66. The number of hydrogen-bond acceptors (Lipinski definition) is 4. The third kappa shape index (κ3) is 2.57. The Kier molecular flexibility index (Phi) is 4.06. The number of carbonyl (C=O) groups is 1. The monoisotopic (exact) mass is 339 g/mol. The van der Waals surface area contributed by atoms with Crippen LogP contribution in [-0.2, 0) is 6.42 Å². The van der Waals surface area contributed by atoms with Crippen LogP contribution in [0.4, 0.5) is 9.52 Å². The van der Waals surface area contributed by atoms with Crippen LogP contribution in [0.25, 0.3) is 0 Å². The van der Waals surface area contributed by atoms with Crippen molar-refractivity contribution in [3.8, 4) is 0 Å². The van der Waals surface area contributed by atoms with E-state index in [2.05, 4.69) is 4.98 Å². The van der Waals surface area contributed by atoms with E-state index in [9.17, 15) is 9.18 Å². The second-order valence-electron chi connectivity index (χ2n) is 5.16. The topological polar surface area (TPSA) is 59.2 Å². The quantitative estimate of drug-likeness (QED) is 0.928. The number of nitrogens with two attached hydrogens (primary N) is 1. The van der Waals surface area contributed by atoms with Crippen LogP contribution in [0.3, 0.4) is 0 Å². The molecule has 116 valence electrons. The molecule has 4 nitrogen and oxygen atoms in total. The minimum atomic E-state index is -0.296. The highest BCUT2D eigenvalue weighted by atomic mass is 35.5. The first kappa shape index (κ1) is 15.2. The summed E-state index contributed by atoms with van der Waals surface area (Å²) < 4.78 is 14.0. The SMILES string of the molecule is CCN(C(=O)c1cnc(N)s1)[C@@H]1CCc2c(F)cc(Cl)cc21. The maximum absolute atomic E-state index is 14.0. The van der Waals surface area contributed by atoms with Crippen molar-refractivity contribution < 1.29 is 9.18 Å². The van der Waals surface area contributed by atoms with Gasteiger partial charge in [-0.2, -0.15) is 0 Å². The summed E-state index contributed by atoms with van der Waals surface area (Å²) in [6.45, 7) is 2.43. The number of rotatable bonds is 3. The van der Waals surface area contributed by atoms with Crippen LogP contribution < -0.4 is 5.73 Å². The molecule has 0 saturated heterocycles. The van der Waals surface area contributed by atoms with Crippen LogP contribution in [0.15, 0.2) is 18.3 Å². The van der Waals surface area contributed by atoms with Gasteiger partial charge in [0.1, 0.15) is 10.7 Å². The van der Waals surface area contributed by atoms with Gasteiger partial charge in [-0.3, -0.25) is 4.79 Å². The zero-order valence-electron chi connectivity index (χ0n) is 12.0. The number of anilines is 1. The zero-order chi connectivity index (χ0) is 15.9. The van der Waals surface area contributed by atoms with Crippen LogP contribution in [0.5, 0.6) is 0 Å². The van der Waals surface area contributed by atoms with Crippen LogP contribution in [0, 0.1) is 5.82 Å². The molecule has 0 aliphatic heterocycles. The molecule has 1 aromatic heterocycles. The molecule has 0 bridgehead atoms. The number of halogens is 2. The molecule has 1 amide bonds. The summed E-state index contributed by atoms with van der Waals surface area (Å²) in [5, 5.41) is 0.717. The van der Waals surface area contributed by atoms with Crippen molar-refractivity contribution in [1.82, 2.24) is 9.88 Å². The van der Waals surface area contributed by atoms with Crippen molar-refractivity contribution in [1.29, 1.82) is 0 Å². The normalized spacial score (nSPS) is 16.6. The van der Waals surface area contributed by atoms with E-state index in [-0.39, 0.29) is 17.8 Å². The van der Waals surface area contributed by atoms with Crippen LogP contribution >= 0.6 is 22.9 Å². The molecule has 2 aromatic rings. The van der Waals surface area contributed by atoms with Crippen molar-refractivity contribution in [3.63, 3.8) is 0 Å². The molecule has 2 N–H and O–H groups in total. The molecule has 22 heavy (non-hydrogen) atoms. The van der Waals surface area contributed by atoms with E-state index < -0.39 is 0 Å². The summed E-state index contributed by atoms with van der Waals surface area (Å²) in [6, 6.07) is 2.92. The first-order chi connectivity index (χ1) is 10.5. The van der Waals surface area contributed by atoms with E-state index in [1.807, 2.05) is 6.92 Å². The Balaban J connectivity index is 1.96. The molecule has 0 saturated carbocycles. The Morgan fingerprint density at radius 1 is 1.59 bits per heavy atom. The highest BCUT2D eigenvalue weighted by Gasteiger charge is 2.33. The molecule has 0 spiro atoms. The minimum Gasteiger partial charge on any atom is -0.375 e. The van der Waals surface area contributed by atoms with Gasteiger partial charge in [-0.25, -0.2) is 9.37 Å². The summed E-state index contributed by atoms with van der Waals surface area (Å²) in [5.74, 6) is -0.425. The summed E-state index contributed by atoms with van der Waals surface area (Å²) in [6.07, 6.45) is 2.79. The number of fused-ring (bicyclic) bond motifs is 1. The molecule has 1 atom stereocenters. The summed E-state index contributed by atoms with van der Waals surface area (Å²) in [7, 11) is 0. The smallest absolute Gasteiger partial charge is 0.266 e. The molecule has 0 radical (unpaired) electrons. The minimum absolute atomic E-state index is 0.130. The van der Waals surface area contributed by atoms with Gasteiger partial charge in [-0.15, -0.1) is 0 Å². The van der Waals surface area contributed by atoms with Crippen molar-refractivity contribution in [3.05, 3.63) is 45.2 Å². The molecule has 1 heterocycles. The molecule has 1 aliphatic rings.